The third-order valence-electron chi connectivity index (χ3n) is 5.33. The van der Waals surface area contributed by atoms with Crippen LogP contribution in [0.1, 0.15) is 29.7 Å². The second kappa shape index (κ2) is 12.2. The van der Waals surface area contributed by atoms with E-state index in [0.29, 0.717) is 18.7 Å². The van der Waals surface area contributed by atoms with Crippen LogP contribution in [0.2, 0.25) is 0 Å². The van der Waals surface area contributed by atoms with Crippen molar-refractivity contribution in [3.63, 3.8) is 0 Å². The number of rotatable bonds is 10. The molecule has 0 saturated heterocycles. The highest BCUT2D eigenvalue weighted by atomic mass is 79.9. The zero-order valence-electron chi connectivity index (χ0n) is 18.7. The molecular weight excluding hydrogens is 570 g/mol. The average Bonchev–Trinajstić information content (AvgIpc) is 2.83. The fraction of sp³-hybridized carbons (Fsp3) is 0.280. The molecule has 0 aliphatic rings. The molecule has 176 valence electrons. The number of nitrogens with zero attached hydrogens (tertiary/aromatic N) is 1. The van der Waals surface area contributed by atoms with Crippen molar-refractivity contribution < 1.29 is 19.1 Å². The second-order valence-corrected chi connectivity index (χ2v) is 11.2. The molecule has 0 fully saturated rings. The van der Waals surface area contributed by atoms with E-state index in [1.807, 2.05) is 78.0 Å². The van der Waals surface area contributed by atoms with Crippen LogP contribution in [0.25, 0.3) is 0 Å². The number of halogens is 2. The van der Waals surface area contributed by atoms with E-state index in [1.54, 1.807) is 14.2 Å². The Balaban J connectivity index is 1.84. The minimum atomic E-state index is -1.47. The van der Waals surface area contributed by atoms with Gasteiger partial charge >= 0.3 is 0 Å². The molecule has 0 aliphatic carbocycles. The summed E-state index contributed by atoms with van der Waals surface area (Å²) in [5.41, 5.74) is 2.71. The topological polar surface area (TPSA) is 65.0 Å². The number of methoxy groups -OCH3 is 2. The van der Waals surface area contributed by atoms with Gasteiger partial charge in [0, 0.05) is 20.3 Å². The minimum Gasteiger partial charge on any atom is -0.598 e. The Kier molecular flexibility index (Phi) is 9.67. The lowest BCUT2D eigenvalue weighted by atomic mass is 10.1. The van der Waals surface area contributed by atoms with Crippen molar-refractivity contribution >= 4 is 43.2 Å². The van der Waals surface area contributed by atoms with Crippen molar-refractivity contribution in [2.24, 2.45) is 0 Å². The van der Waals surface area contributed by atoms with Gasteiger partial charge in [0.25, 0.3) is 0 Å². The molecule has 3 aromatic carbocycles. The van der Waals surface area contributed by atoms with E-state index in [9.17, 15) is 9.66 Å². The summed E-state index contributed by atoms with van der Waals surface area (Å²) in [4.78, 5) is 0. The Labute approximate surface area is 215 Å². The zero-order valence-corrected chi connectivity index (χ0v) is 22.7. The molecule has 3 unspecified atom stereocenters. The number of hydrogen-bond acceptors (Lipinski definition) is 5. The minimum absolute atomic E-state index is 0.460. The summed E-state index contributed by atoms with van der Waals surface area (Å²) in [6.45, 7) is 2.73. The maximum atomic E-state index is 13.7. The molecule has 3 atom stereocenters. The molecule has 0 aromatic heterocycles. The lowest BCUT2D eigenvalue weighted by Crippen LogP contribution is -2.39. The van der Waals surface area contributed by atoms with E-state index in [-0.39, 0.29) is 0 Å². The molecule has 5 nitrogen and oxygen atoms in total. The lowest BCUT2D eigenvalue weighted by molar-refractivity contribution is 0.171. The predicted molar refractivity (Wildman–Crippen MR) is 140 cm³/mol. The first kappa shape index (κ1) is 26.1. The first-order valence-electron chi connectivity index (χ1n) is 10.4. The summed E-state index contributed by atoms with van der Waals surface area (Å²) in [6, 6.07) is 21.0. The fourth-order valence-corrected chi connectivity index (χ4v) is 6.06. The maximum absolute atomic E-state index is 13.7. The van der Waals surface area contributed by atoms with Crippen LogP contribution in [0.5, 0.6) is 11.5 Å². The number of aliphatic hydroxyl groups excluding tert-OH is 1. The van der Waals surface area contributed by atoms with Crippen molar-refractivity contribution in [3.05, 3.63) is 92.4 Å². The molecule has 8 heteroatoms. The molecule has 33 heavy (non-hydrogen) atoms. The third-order valence-corrected chi connectivity index (χ3v) is 8.18. The van der Waals surface area contributed by atoms with Crippen molar-refractivity contribution in [1.29, 1.82) is 0 Å². The summed E-state index contributed by atoms with van der Waals surface area (Å²) in [5.74, 6) is 1.54. The van der Waals surface area contributed by atoms with Crippen LogP contribution < -0.4 is 9.47 Å². The SMILES string of the molecule is COc1ccc(CN(Cc2ccc(OC)cc2)[S+]([O-])C(C)C(O)c2ccc(Br)cc2Br)cc1. The van der Waals surface area contributed by atoms with Gasteiger partial charge in [-0.05, 0) is 60.0 Å². The summed E-state index contributed by atoms with van der Waals surface area (Å²) < 4.78 is 27.7. The smallest absolute Gasteiger partial charge is 0.162 e. The van der Waals surface area contributed by atoms with Crippen molar-refractivity contribution in [3.8, 4) is 11.5 Å². The predicted octanol–water partition coefficient (Wildman–Crippen LogP) is 6.02. The van der Waals surface area contributed by atoms with Crippen LogP contribution in [-0.4, -0.2) is 33.4 Å². The van der Waals surface area contributed by atoms with E-state index >= 15 is 0 Å². The van der Waals surface area contributed by atoms with Gasteiger partial charge in [0.05, 0.1) is 27.3 Å². The summed E-state index contributed by atoms with van der Waals surface area (Å²) in [5, 5.41) is 10.5. The van der Waals surface area contributed by atoms with Crippen LogP contribution in [0.4, 0.5) is 0 Å². The Morgan fingerprint density at radius 3 is 1.79 bits per heavy atom. The molecule has 0 aliphatic heterocycles. The molecule has 0 bridgehead atoms. The van der Waals surface area contributed by atoms with Crippen molar-refractivity contribution in [1.82, 2.24) is 4.31 Å². The van der Waals surface area contributed by atoms with E-state index in [0.717, 1.165) is 31.6 Å². The second-order valence-electron chi connectivity index (χ2n) is 7.59. The van der Waals surface area contributed by atoms with Gasteiger partial charge in [-0.1, -0.05) is 62.2 Å². The molecular formula is C25H27Br2NO4S. The highest BCUT2D eigenvalue weighted by Crippen LogP contribution is 2.33. The molecule has 3 aromatic rings. The van der Waals surface area contributed by atoms with Gasteiger partial charge in [-0.3, -0.25) is 0 Å². The van der Waals surface area contributed by atoms with Crippen LogP contribution in [0, 0.1) is 0 Å². The van der Waals surface area contributed by atoms with Gasteiger partial charge in [-0.2, -0.15) is 0 Å². The quantitative estimate of drug-likeness (QED) is 0.290. The molecule has 1 N–H and O–H groups in total. The van der Waals surface area contributed by atoms with Crippen LogP contribution in [-0.2, 0) is 24.5 Å². The molecule has 0 spiro atoms. The first-order valence-corrected chi connectivity index (χ1v) is 13.1. The Morgan fingerprint density at radius 1 is 0.879 bits per heavy atom. The highest BCUT2D eigenvalue weighted by Gasteiger charge is 2.34. The average molecular weight is 597 g/mol. The molecule has 0 amide bonds. The number of ether oxygens (including phenoxy) is 2. The largest absolute Gasteiger partial charge is 0.598 e. The van der Waals surface area contributed by atoms with Gasteiger partial charge in [-0.15, -0.1) is 4.31 Å². The summed E-state index contributed by atoms with van der Waals surface area (Å²) in [6.07, 6.45) is -0.900. The Hall–Kier alpha value is -1.55. The van der Waals surface area contributed by atoms with Gasteiger partial charge in [0.15, 0.2) is 5.25 Å². The van der Waals surface area contributed by atoms with Gasteiger partial charge in [0.1, 0.15) is 17.6 Å². The van der Waals surface area contributed by atoms with Gasteiger partial charge in [-0.25, -0.2) is 0 Å². The standard InChI is InChI=1S/C25H27Br2NO4S/c1-17(25(29)23-13-8-20(26)14-24(23)27)33(30)28(15-18-4-9-21(31-2)10-5-18)16-19-6-11-22(32-3)12-7-19/h4-14,17,25,29H,15-16H2,1-3H3. The number of benzene rings is 3. The lowest BCUT2D eigenvalue weighted by Gasteiger charge is -2.31. The van der Waals surface area contributed by atoms with Crippen LogP contribution in [0.15, 0.2) is 75.7 Å². The number of hydrogen-bond donors (Lipinski definition) is 1. The Morgan fingerprint density at radius 2 is 1.36 bits per heavy atom. The van der Waals surface area contributed by atoms with Crippen LogP contribution >= 0.6 is 31.9 Å². The normalized spacial score (nSPS) is 14.1. The zero-order chi connectivity index (χ0) is 24.0. The summed E-state index contributed by atoms with van der Waals surface area (Å²) >= 11 is 5.47. The monoisotopic (exact) mass is 595 g/mol. The van der Waals surface area contributed by atoms with Crippen molar-refractivity contribution in [2.75, 3.05) is 14.2 Å². The molecule has 0 saturated carbocycles. The third kappa shape index (κ3) is 6.97. The molecule has 0 heterocycles. The highest BCUT2D eigenvalue weighted by molar-refractivity contribution is 9.11. The van der Waals surface area contributed by atoms with Crippen LogP contribution in [0.3, 0.4) is 0 Å². The van der Waals surface area contributed by atoms with Gasteiger partial charge < -0.3 is 19.1 Å². The molecule has 3 rings (SSSR count). The van der Waals surface area contributed by atoms with E-state index in [2.05, 4.69) is 31.9 Å². The van der Waals surface area contributed by atoms with E-state index < -0.39 is 22.7 Å². The Bertz CT molecular complexity index is 984. The van der Waals surface area contributed by atoms with Gasteiger partial charge in [0.2, 0.25) is 0 Å². The molecule has 0 radical (unpaired) electrons. The maximum Gasteiger partial charge on any atom is 0.162 e. The first-order chi connectivity index (χ1) is 15.8. The van der Waals surface area contributed by atoms with Crippen molar-refractivity contribution in [2.45, 2.75) is 31.4 Å². The fourth-order valence-electron chi connectivity index (χ4n) is 3.39. The van der Waals surface area contributed by atoms with E-state index in [4.69, 9.17) is 9.47 Å². The summed E-state index contributed by atoms with van der Waals surface area (Å²) in [7, 11) is 3.26. The number of aliphatic hydroxyl groups is 1. The van der Waals surface area contributed by atoms with E-state index in [1.165, 1.54) is 0 Å².